The fourth-order valence-electron chi connectivity index (χ4n) is 2.70. The number of rotatable bonds is 7. The van der Waals surface area contributed by atoms with Crippen LogP contribution < -0.4 is 10.6 Å². The minimum absolute atomic E-state index is 0.0502. The Kier molecular flexibility index (Phi) is 6.40. The van der Waals surface area contributed by atoms with Crippen LogP contribution in [0.4, 0.5) is 0 Å². The van der Waals surface area contributed by atoms with Crippen LogP contribution in [0.15, 0.2) is 24.3 Å². The fraction of sp³-hybridized carbons (Fsp3) is 0.529. The quantitative estimate of drug-likeness (QED) is 0.741. The maximum absolute atomic E-state index is 11.7. The van der Waals surface area contributed by atoms with Crippen molar-refractivity contribution in [3.63, 3.8) is 0 Å². The smallest absolute Gasteiger partial charge is 0.220 e. The summed E-state index contributed by atoms with van der Waals surface area (Å²) in [7, 11) is 0. The molecule has 1 aliphatic rings. The molecule has 5 nitrogen and oxygen atoms in total. The van der Waals surface area contributed by atoms with Crippen LogP contribution in [0.5, 0.6) is 0 Å². The lowest BCUT2D eigenvalue weighted by Gasteiger charge is -2.28. The van der Waals surface area contributed by atoms with Gasteiger partial charge in [0.2, 0.25) is 11.8 Å². The number of hydrogen-bond donors (Lipinski definition) is 2. The summed E-state index contributed by atoms with van der Waals surface area (Å²) >= 11 is 0. The van der Waals surface area contributed by atoms with E-state index in [-0.39, 0.29) is 11.8 Å². The van der Waals surface area contributed by atoms with Crippen molar-refractivity contribution >= 4 is 11.8 Å². The highest BCUT2D eigenvalue weighted by Gasteiger charge is 2.15. The molecule has 0 aliphatic carbocycles. The van der Waals surface area contributed by atoms with Gasteiger partial charge >= 0.3 is 0 Å². The predicted octanol–water partition coefficient (Wildman–Crippen LogP) is 1.08. The number of fused-ring (bicyclic) bond motifs is 1. The molecule has 0 saturated heterocycles. The molecule has 0 unspecified atom stereocenters. The number of nitrogens with one attached hydrogen (secondary N) is 2. The first kappa shape index (κ1) is 16.5. The van der Waals surface area contributed by atoms with E-state index in [0.29, 0.717) is 25.9 Å². The highest BCUT2D eigenvalue weighted by Crippen LogP contribution is 2.17. The lowest BCUT2D eigenvalue weighted by molar-refractivity contribution is -0.122. The second-order valence-electron chi connectivity index (χ2n) is 5.73. The summed E-state index contributed by atoms with van der Waals surface area (Å²) in [5.41, 5.74) is 2.84. The molecule has 120 valence electrons. The average Bonchev–Trinajstić information content (AvgIpc) is 2.51. The zero-order valence-electron chi connectivity index (χ0n) is 13.2. The molecule has 0 fully saturated rings. The second kappa shape index (κ2) is 8.54. The monoisotopic (exact) mass is 303 g/mol. The van der Waals surface area contributed by atoms with Gasteiger partial charge < -0.3 is 10.6 Å². The van der Waals surface area contributed by atoms with Crippen LogP contribution in [-0.4, -0.2) is 42.9 Å². The molecular formula is C17H25N3O2. The van der Waals surface area contributed by atoms with Crippen molar-refractivity contribution in [3.8, 4) is 0 Å². The lowest BCUT2D eigenvalue weighted by Crippen LogP contribution is -2.37. The van der Waals surface area contributed by atoms with Gasteiger partial charge in [-0.1, -0.05) is 24.3 Å². The van der Waals surface area contributed by atoms with Crippen LogP contribution in [0.3, 0.4) is 0 Å². The standard InChI is InChI=1S/C17H25N3O2/c1-14(21)18-9-4-7-17(22)19-10-12-20-11-8-15-5-2-3-6-16(15)13-20/h2-3,5-6H,4,7-13H2,1H3,(H,18,21)(H,19,22). The molecular weight excluding hydrogens is 278 g/mol. The van der Waals surface area contributed by atoms with Gasteiger partial charge in [0.1, 0.15) is 0 Å². The molecule has 0 bridgehead atoms. The third-order valence-electron chi connectivity index (χ3n) is 3.91. The molecule has 1 heterocycles. The van der Waals surface area contributed by atoms with Gasteiger partial charge in [0.05, 0.1) is 0 Å². The first-order valence-corrected chi connectivity index (χ1v) is 7.95. The fourth-order valence-corrected chi connectivity index (χ4v) is 2.70. The third-order valence-corrected chi connectivity index (χ3v) is 3.91. The SMILES string of the molecule is CC(=O)NCCCC(=O)NCCN1CCc2ccccc2C1. The van der Waals surface area contributed by atoms with E-state index in [1.54, 1.807) is 0 Å². The van der Waals surface area contributed by atoms with Crippen molar-refractivity contribution in [1.29, 1.82) is 0 Å². The van der Waals surface area contributed by atoms with E-state index >= 15 is 0 Å². The van der Waals surface area contributed by atoms with E-state index in [2.05, 4.69) is 39.8 Å². The molecule has 2 rings (SSSR count). The van der Waals surface area contributed by atoms with Crippen molar-refractivity contribution in [2.75, 3.05) is 26.2 Å². The first-order valence-electron chi connectivity index (χ1n) is 7.95. The Labute approximate surface area is 132 Å². The Balaban J connectivity index is 1.59. The third kappa shape index (κ3) is 5.48. The number of hydrogen-bond acceptors (Lipinski definition) is 3. The van der Waals surface area contributed by atoms with Gasteiger partial charge in [-0.2, -0.15) is 0 Å². The summed E-state index contributed by atoms with van der Waals surface area (Å²) in [6.07, 6.45) is 2.23. The predicted molar refractivity (Wildman–Crippen MR) is 86.4 cm³/mol. The highest BCUT2D eigenvalue weighted by molar-refractivity contribution is 5.76. The number of carbonyl (C=O) groups excluding carboxylic acids is 2. The summed E-state index contributed by atoms with van der Waals surface area (Å²) in [6, 6.07) is 8.56. The van der Waals surface area contributed by atoms with Crippen LogP contribution >= 0.6 is 0 Å². The van der Waals surface area contributed by atoms with Crippen molar-refractivity contribution in [2.45, 2.75) is 32.7 Å². The average molecular weight is 303 g/mol. The Hall–Kier alpha value is -1.88. The normalized spacial score (nSPS) is 14.2. The van der Waals surface area contributed by atoms with Crippen LogP contribution in [0.25, 0.3) is 0 Å². The largest absolute Gasteiger partial charge is 0.356 e. The zero-order chi connectivity index (χ0) is 15.8. The van der Waals surface area contributed by atoms with Crippen LogP contribution in [-0.2, 0) is 22.6 Å². The van der Waals surface area contributed by atoms with Gasteiger partial charge in [0.25, 0.3) is 0 Å². The second-order valence-corrected chi connectivity index (χ2v) is 5.73. The highest BCUT2D eigenvalue weighted by atomic mass is 16.2. The lowest BCUT2D eigenvalue weighted by atomic mass is 10.00. The molecule has 0 atom stereocenters. The van der Waals surface area contributed by atoms with Crippen molar-refractivity contribution in [3.05, 3.63) is 35.4 Å². The molecule has 0 saturated carbocycles. The van der Waals surface area contributed by atoms with Gasteiger partial charge in [0, 0.05) is 46.1 Å². The molecule has 2 amide bonds. The summed E-state index contributed by atoms with van der Waals surface area (Å²) in [5, 5.41) is 5.64. The van der Waals surface area contributed by atoms with Crippen LogP contribution in [0.2, 0.25) is 0 Å². The van der Waals surface area contributed by atoms with E-state index in [1.807, 2.05) is 0 Å². The Morgan fingerprint density at radius 2 is 1.91 bits per heavy atom. The van der Waals surface area contributed by atoms with Gasteiger partial charge in [-0.25, -0.2) is 0 Å². The van der Waals surface area contributed by atoms with E-state index in [1.165, 1.54) is 18.1 Å². The minimum Gasteiger partial charge on any atom is -0.356 e. The topological polar surface area (TPSA) is 61.4 Å². The number of nitrogens with zero attached hydrogens (tertiary/aromatic N) is 1. The van der Waals surface area contributed by atoms with E-state index in [9.17, 15) is 9.59 Å². The van der Waals surface area contributed by atoms with Gasteiger partial charge in [-0.15, -0.1) is 0 Å². The Morgan fingerprint density at radius 1 is 1.14 bits per heavy atom. The maximum Gasteiger partial charge on any atom is 0.220 e. The number of amides is 2. The molecule has 0 spiro atoms. The van der Waals surface area contributed by atoms with Gasteiger partial charge in [-0.3, -0.25) is 14.5 Å². The summed E-state index contributed by atoms with van der Waals surface area (Å²) in [4.78, 5) is 24.8. The molecule has 22 heavy (non-hydrogen) atoms. The van der Waals surface area contributed by atoms with E-state index in [4.69, 9.17) is 0 Å². The molecule has 2 N–H and O–H groups in total. The maximum atomic E-state index is 11.7. The van der Waals surface area contributed by atoms with E-state index < -0.39 is 0 Å². The van der Waals surface area contributed by atoms with Gasteiger partial charge in [0.15, 0.2) is 0 Å². The van der Waals surface area contributed by atoms with Crippen molar-refractivity contribution < 1.29 is 9.59 Å². The molecule has 0 radical (unpaired) electrons. The van der Waals surface area contributed by atoms with Crippen LogP contribution in [0, 0.1) is 0 Å². The van der Waals surface area contributed by atoms with Crippen molar-refractivity contribution in [1.82, 2.24) is 15.5 Å². The molecule has 5 heteroatoms. The Bertz CT molecular complexity index is 516. The zero-order valence-corrected chi connectivity index (χ0v) is 13.2. The molecule has 1 aromatic rings. The van der Waals surface area contributed by atoms with Gasteiger partial charge in [-0.05, 0) is 24.0 Å². The molecule has 1 aromatic carbocycles. The number of carbonyl (C=O) groups is 2. The first-order chi connectivity index (χ1) is 10.6. The minimum atomic E-state index is -0.0502. The number of benzene rings is 1. The van der Waals surface area contributed by atoms with Crippen molar-refractivity contribution in [2.24, 2.45) is 0 Å². The summed E-state index contributed by atoms with van der Waals surface area (Å²) < 4.78 is 0. The molecule has 0 aromatic heterocycles. The summed E-state index contributed by atoms with van der Waals surface area (Å²) in [6.45, 7) is 5.62. The van der Waals surface area contributed by atoms with E-state index in [0.717, 1.165) is 26.1 Å². The van der Waals surface area contributed by atoms with Crippen LogP contribution in [0.1, 0.15) is 30.9 Å². The summed E-state index contributed by atoms with van der Waals surface area (Å²) in [5.74, 6) is 0.00792. The molecule has 1 aliphatic heterocycles. The Morgan fingerprint density at radius 3 is 2.68 bits per heavy atom.